The SMILES string of the molecule is CCCN(CC(=O)O)CC(=O)NC1CC1. The highest BCUT2D eigenvalue weighted by Crippen LogP contribution is 2.18. The largest absolute Gasteiger partial charge is 0.480 e. The highest BCUT2D eigenvalue weighted by molar-refractivity contribution is 5.79. The van der Waals surface area contributed by atoms with Crippen molar-refractivity contribution in [3.8, 4) is 0 Å². The fourth-order valence-corrected chi connectivity index (χ4v) is 1.43. The Bertz CT molecular complexity index is 239. The number of carbonyl (C=O) groups is 2. The first kappa shape index (κ1) is 12.0. The van der Waals surface area contributed by atoms with Crippen LogP contribution in [-0.2, 0) is 9.59 Å². The van der Waals surface area contributed by atoms with Crippen molar-refractivity contribution in [2.24, 2.45) is 0 Å². The zero-order valence-electron chi connectivity index (χ0n) is 9.03. The Morgan fingerprint density at radius 3 is 2.53 bits per heavy atom. The summed E-state index contributed by atoms with van der Waals surface area (Å²) in [6.07, 6.45) is 2.96. The van der Waals surface area contributed by atoms with E-state index in [0.717, 1.165) is 19.3 Å². The van der Waals surface area contributed by atoms with E-state index in [1.165, 1.54) is 0 Å². The fourth-order valence-electron chi connectivity index (χ4n) is 1.43. The lowest BCUT2D eigenvalue weighted by Gasteiger charge is -2.18. The van der Waals surface area contributed by atoms with Gasteiger partial charge in [0.05, 0.1) is 13.1 Å². The Morgan fingerprint density at radius 1 is 1.40 bits per heavy atom. The van der Waals surface area contributed by atoms with Crippen molar-refractivity contribution >= 4 is 11.9 Å². The minimum atomic E-state index is -0.886. The summed E-state index contributed by atoms with van der Waals surface area (Å²) in [6, 6.07) is 0.339. The molecule has 0 aromatic carbocycles. The summed E-state index contributed by atoms with van der Waals surface area (Å²) in [6.45, 7) is 2.74. The molecule has 0 spiro atoms. The van der Waals surface area contributed by atoms with E-state index in [1.807, 2.05) is 6.92 Å². The van der Waals surface area contributed by atoms with Gasteiger partial charge in [0.1, 0.15) is 0 Å². The molecule has 1 rings (SSSR count). The normalized spacial score (nSPS) is 15.3. The van der Waals surface area contributed by atoms with E-state index in [1.54, 1.807) is 4.90 Å². The van der Waals surface area contributed by atoms with E-state index in [0.29, 0.717) is 12.6 Å². The van der Waals surface area contributed by atoms with Crippen molar-refractivity contribution < 1.29 is 14.7 Å². The molecule has 0 atom stereocenters. The van der Waals surface area contributed by atoms with Gasteiger partial charge in [0.2, 0.25) is 5.91 Å². The van der Waals surface area contributed by atoms with Crippen LogP contribution in [0.4, 0.5) is 0 Å². The molecule has 0 aliphatic heterocycles. The topological polar surface area (TPSA) is 69.6 Å². The summed E-state index contributed by atoms with van der Waals surface area (Å²) >= 11 is 0. The Balaban J connectivity index is 2.27. The van der Waals surface area contributed by atoms with Crippen molar-refractivity contribution in [2.45, 2.75) is 32.2 Å². The number of hydrogen-bond donors (Lipinski definition) is 2. The van der Waals surface area contributed by atoms with Crippen LogP contribution < -0.4 is 5.32 Å². The molecule has 0 unspecified atom stereocenters. The van der Waals surface area contributed by atoms with Gasteiger partial charge in [-0.05, 0) is 25.8 Å². The number of amides is 1. The van der Waals surface area contributed by atoms with Crippen molar-refractivity contribution in [1.82, 2.24) is 10.2 Å². The number of nitrogens with zero attached hydrogens (tertiary/aromatic N) is 1. The van der Waals surface area contributed by atoms with Gasteiger partial charge < -0.3 is 10.4 Å². The molecule has 0 radical (unpaired) electrons. The maximum Gasteiger partial charge on any atom is 0.317 e. The van der Waals surface area contributed by atoms with Gasteiger partial charge in [0.25, 0.3) is 0 Å². The second-order valence-electron chi connectivity index (χ2n) is 3.95. The highest BCUT2D eigenvalue weighted by atomic mass is 16.4. The summed E-state index contributed by atoms with van der Waals surface area (Å²) in [7, 11) is 0. The van der Waals surface area contributed by atoms with E-state index in [4.69, 9.17) is 5.11 Å². The molecule has 1 saturated carbocycles. The molecule has 0 aromatic heterocycles. The van der Waals surface area contributed by atoms with Gasteiger partial charge in [-0.1, -0.05) is 6.92 Å². The Morgan fingerprint density at radius 2 is 2.07 bits per heavy atom. The van der Waals surface area contributed by atoms with E-state index in [9.17, 15) is 9.59 Å². The number of hydrogen-bond acceptors (Lipinski definition) is 3. The van der Waals surface area contributed by atoms with Crippen molar-refractivity contribution in [1.29, 1.82) is 0 Å². The standard InChI is InChI=1S/C10H18N2O3/c1-2-5-12(7-10(14)15)6-9(13)11-8-3-4-8/h8H,2-7H2,1H3,(H,11,13)(H,14,15). The maximum absolute atomic E-state index is 11.4. The number of rotatable bonds is 7. The van der Waals surface area contributed by atoms with Crippen LogP contribution in [0.15, 0.2) is 0 Å². The number of carbonyl (C=O) groups excluding carboxylic acids is 1. The van der Waals surface area contributed by atoms with Crippen LogP contribution in [0.3, 0.4) is 0 Å². The third-order valence-electron chi connectivity index (χ3n) is 2.21. The lowest BCUT2D eigenvalue weighted by atomic mass is 10.3. The molecule has 1 amide bonds. The monoisotopic (exact) mass is 214 g/mol. The smallest absolute Gasteiger partial charge is 0.317 e. The van der Waals surface area contributed by atoms with Gasteiger partial charge in [0.15, 0.2) is 0 Å². The first-order valence-corrected chi connectivity index (χ1v) is 5.35. The van der Waals surface area contributed by atoms with Gasteiger partial charge in [-0.2, -0.15) is 0 Å². The van der Waals surface area contributed by atoms with E-state index < -0.39 is 5.97 Å². The minimum absolute atomic E-state index is 0.0628. The van der Waals surface area contributed by atoms with Crippen LogP contribution in [-0.4, -0.2) is 47.6 Å². The molecule has 0 saturated heterocycles. The summed E-state index contributed by atoms with van der Waals surface area (Å²) < 4.78 is 0. The van der Waals surface area contributed by atoms with E-state index >= 15 is 0 Å². The van der Waals surface area contributed by atoms with Crippen LogP contribution in [0.5, 0.6) is 0 Å². The van der Waals surface area contributed by atoms with Crippen molar-refractivity contribution in [2.75, 3.05) is 19.6 Å². The Kier molecular flexibility index (Phi) is 4.55. The van der Waals surface area contributed by atoms with Crippen LogP contribution in [0, 0.1) is 0 Å². The molecule has 1 fully saturated rings. The van der Waals surface area contributed by atoms with E-state index in [2.05, 4.69) is 5.32 Å². The van der Waals surface area contributed by atoms with Crippen molar-refractivity contribution in [3.63, 3.8) is 0 Å². The van der Waals surface area contributed by atoms with Gasteiger partial charge in [-0.15, -0.1) is 0 Å². The second-order valence-corrected chi connectivity index (χ2v) is 3.95. The molecule has 5 nitrogen and oxygen atoms in total. The summed E-state index contributed by atoms with van der Waals surface area (Å²) in [4.78, 5) is 23.6. The molecule has 0 bridgehead atoms. The van der Waals surface area contributed by atoms with Crippen molar-refractivity contribution in [3.05, 3.63) is 0 Å². The zero-order chi connectivity index (χ0) is 11.3. The number of carboxylic acid groups (broad SMARTS) is 1. The molecule has 2 N–H and O–H groups in total. The predicted molar refractivity (Wildman–Crippen MR) is 55.5 cm³/mol. The highest BCUT2D eigenvalue weighted by Gasteiger charge is 2.24. The average Bonchev–Trinajstić information content (AvgIpc) is 2.86. The molecule has 15 heavy (non-hydrogen) atoms. The number of aliphatic carboxylic acids is 1. The molecular weight excluding hydrogens is 196 g/mol. The molecule has 0 heterocycles. The van der Waals surface area contributed by atoms with Crippen LogP contribution in [0.1, 0.15) is 26.2 Å². The summed E-state index contributed by atoms with van der Waals surface area (Å²) in [5, 5.41) is 11.5. The third-order valence-corrected chi connectivity index (χ3v) is 2.21. The average molecular weight is 214 g/mol. The van der Waals surface area contributed by atoms with Gasteiger partial charge in [-0.25, -0.2) is 0 Å². The molecule has 86 valence electrons. The summed E-state index contributed by atoms with van der Waals surface area (Å²) in [5.41, 5.74) is 0. The first-order chi connectivity index (χ1) is 7.11. The molecule has 1 aliphatic carbocycles. The van der Waals surface area contributed by atoms with E-state index in [-0.39, 0.29) is 19.0 Å². The van der Waals surface area contributed by atoms with Crippen LogP contribution in [0.2, 0.25) is 0 Å². The molecule has 1 aliphatic rings. The Labute approximate surface area is 89.4 Å². The Hall–Kier alpha value is -1.10. The molecular formula is C10H18N2O3. The third kappa shape index (κ3) is 5.37. The number of carboxylic acids is 1. The fraction of sp³-hybridized carbons (Fsp3) is 0.800. The zero-order valence-corrected chi connectivity index (χ0v) is 9.03. The minimum Gasteiger partial charge on any atom is -0.480 e. The van der Waals surface area contributed by atoms with Gasteiger partial charge in [0, 0.05) is 6.04 Å². The van der Waals surface area contributed by atoms with Gasteiger partial charge in [-0.3, -0.25) is 14.5 Å². The van der Waals surface area contributed by atoms with Gasteiger partial charge >= 0.3 is 5.97 Å². The lowest BCUT2D eigenvalue weighted by molar-refractivity contribution is -0.138. The summed E-state index contributed by atoms with van der Waals surface area (Å²) in [5.74, 6) is -0.949. The van der Waals surface area contributed by atoms with Crippen LogP contribution >= 0.6 is 0 Å². The molecule has 0 aromatic rings. The lowest BCUT2D eigenvalue weighted by Crippen LogP contribution is -2.40. The predicted octanol–water partition coefficient (Wildman–Crippen LogP) is 0.0616. The molecule has 5 heteroatoms. The van der Waals surface area contributed by atoms with Crippen LogP contribution in [0.25, 0.3) is 0 Å². The second kappa shape index (κ2) is 5.70. The first-order valence-electron chi connectivity index (χ1n) is 5.35. The number of nitrogens with one attached hydrogen (secondary N) is 1. The quantitative estimate of drug-likeness (QED) is 0.629. The maximum atomic E-state index is 11.4.